The van der Waals surface area contributed by atoms with E-state index < -0.39 is 36.7 Å². The summed E-state index contributed by atoms with van der Waals surface area (Å²) in [5.41, 5.74) is 1.52. The second kappa shape index (κ2) is 13.3. The number of ether oxygens (including phenoxy) is 4. The molecule has 12 heteroatoms. The summed E-state index contributed by atoms with van der Waals surface area (Å²) in [4.78, 5) is 23.6. The van der Waals surface area contributed by atoms with Crippen molar-refractivity contribution in [3.05, 3.63) is 59.4 Å². The van der Waals surface area contributed by atoms with Gasteiger partial charge in [0.1, 0.15) is 18.3 Å². The Bertz CT molecular complexity index is 1190. The highest BCUT2D eigenvalue weighted by Crippen LogP contribution is 2.32. The van der Waals surface area contributed by atoms with Crippen molar-refractivity contribution in [2.24, 2.45) is 0 Å². The third kappa shape index (κ3) is 7.60. The molecule has 5 atom stereocenters. The molecule has 0 aromatic heterocycles. The number of carbonyl (C=O) groups excluding carboxylic acids is 1. The molecule has 0 unspecified atom stereocenters. The van der Waals surface area contributed by atoms with Crippen molar-refractivity contribution < 1.29 is 59.2 Å². The number of allylic oxidation sites excluding steroid dienone is 2. The largest absolute Gasteiger partial charge is 0.512 e. The van der Waals surface area contributed by atoms with Crippen LogP contribution >= 0.6 is 0 Å². The van der Waals surface area contributed by atoms with Gasteiger partial charge >= 0.3 is 5.97 Å². The van der Waals surface area contributed by atoms with E-state index in [1.807, 2.05) is 0 Å². The summed E-state index contributed by atoms with van der Waals surface area (Å²) in [5.74, 6) is -1.29. The van der Waals surface area contributed by atoms with E-state index in [1.165, 1.54) is 32.4 Å². The molecule has 0 saturated carbocycles. The molecule has 3 rings (SSSR count). The SMILES string of the molecule is COc1cc(CCC(=O)/C=C(\O)CCc2ccc(O[C@@H]3O[C@H](C(=O)O)[C@@H](O)[C@H](O)[C@H]3O)c(OC)c2)ccc1O. The van der Waals surface area contributed by atoms with Gasteiger partial charge in [0.2, 0.25) is 6.29 Å². The number of carboxylic acids is 1. The van der Waals surface area contributed by atoms with Gasteiger partial charge in [-0.25, -0.2) is 4.79 Å². The number of aliphatic carboxylic acids is 1. The molecule has 1 aliphatic rings. The predicted molar refractivity (Wildman–Crippen MR) is 135 cm³/mol. The third-order valence-corrected chi connectivity index (χ3v) is 6.19. The molecular formula is C27H32O12. The molecule has 1 heterocycles. The third-order valence-electron chi connectivity index (χ3n) is 6.19. The summed E-state index contributed by atoms with van der Waals surface area (Å²) in [7, 11) is 2.80. The van der Waals surface area contributed by atoms with Crippen LogP contribution in [0.15, 0.2) is 48.2 Å². The molecule has 0 spiro atoms. The van der Waals surface area contributed by atoms with Crippen molar-refractivity contribution in [3.63, 3.8) is 0 Å². The number of aliphatic hydroxyl groups is 4. The summed E-state index contributed by atoms with van der Waals surface area (Å²) in [5, 5.41) is 59.0. The lowest BCUT2D eigenvalue weighted by molar-refractivity contribution is -0.271. The fourth-order valence-electron chi connectivity index (χ4n) is 3.99. The van der Waals surface area contributed by atoms with E-state index in [2.05, 4.69) is 0 Å². The topological polar surface area (TPSA) is 192 Å². The number of hydrogen-bond donors (Lipinski definition) is 6. The molecule has 2 aromatic carbocycles. The van der Waals surface area contributed by atoms with E-state index in [9.17, 15) is 40.2 Å². The van der Waals surface area contributed by atoms with Crippen molar-refractivity contribution >= 4 is 11.8 Å². The quantitative estimate of drug-likeness (QED) is 0.165. The molecule has 0 aliphatic carbocycles. The lowest BCUT2D eigenvalue weighted by atomic mass is 9.99. The van der Waals surface area contributed by atoms with E-state index in [0.29, 0.717) is 24.2 Å². The Kier molecular flexibility index (Phi) is 10.1. The van der Waals surface area contributed by atoms with Crippen molar-refractivity contribution in [2.75, 3.05) is 14.2 Å². The number of carbonyl (C=O) groups is 2. The number of aliphatic hydroxyl groups excluding tert-OH is 4. The molecule has 1 saturated heterocycles. The van der Waals surface area contributed by atoms with Crippen molar-refractivity contribution in [1.82, 2.24) is 0 Å². The lowest BCUT2D eigenvalue weighted by Crippen LogP contribution is -2.61. The maximum atomic E-state index is 12.3. The van der Waals surface area contributed by atoms with Gasteiger partial charge in [0, 0.05) is 18.9 Å². The zero-order valence-corrected chi connectivity index (χ0v) is 21.4. The molecule has 1 fully saturated rings. The van der Waals surface area contributed by atoms with Crippen molar-refractivity contribution in [2.45, 2.75) is 56.4 Å². The van der Waals surface area contributed by atoms with E-state index in [1.54, 1.807) is 24.3 Å². The number of aryl methyl sites for hydroxylation is 2. The highest BCUT2D eigenvalue weighted by molar-refractivity contribution is 5.90. The molecule has 12 nitrogen and oxygen atoms in total. The van der Waals surface area contributed by atoms with Gasteiger partial charge in [-0.3, -0.25) is 4.79 Å². The molecule has 1 aliphatic heterocycles. The standard InChI is InChI=1S/C27H32O12/c1-36-20-11-14(5-9-18(20)30)3-7-16(28)13-17(29)8-4-15-6-10-19(21(12-15)37-2)38-27-24(33)22(31)23(32)25(39-27)26(34)35/h5-6,9-13,22-25,27,29-33H,3-4,7-8H2,1-2H3,(H,34,35)/b17-13-/t22-,23-,24+,25-,27+/m0/s1. The normalized spacial score (nSPS) is 23.2. The van der Waals surface area contributed by atoms with Crippen LogP contribution in [0.3, 0.4) is 0 Å². The number of hydrogen-bond acceptors (Lipinski definition) is 11. The number of phenolic OH excluding ortho intramolecular Hbond substituents is 1. The Morgan fingerprint density at radius 1 is 0.846 bits per heavy atom. The second-order valence-electron chi connectivity index (χ2n) is 8.95. The first-order valence-electron chi connectivity index (χ1n) is 12.1. The monoisotopic (exact) mass is 548 g/mol. The summed E-state index contributed by atoms with van der Waals surface area (Å²) in [6.07, 6.45) is -6.54. The van der Waals surface area contributed by atoms with Crippen LogP contribution < -0.4 is 14.2 Å². The van der Waals surface area contributed by atoms with Crippen LogP contribution in [0.2, 0.25) is 0 Å². The first kappa shape index (κ1) is 29.7. The van der Waals surface area contributed by atoms with Gasteiger partial charge < -0.3 is 49.6 Å². The van der Waals surface area contributed by atoms with Crippen molar-refractivity contribution in [1.29, 1.82) is 0 Å². The second-order valence-corrected chi connectivity index (χ2v) is 8.95. The van der Waals surface area contributed by atoms with E-state index in [4.69, 9.17) is 18.9 Å². The van der Waals surface area contributed by atoms with Gasteiger partial charge in [-0.05, 0) is 48.2 Å². The summed E-state index contributed by atoms with van der Waals surface area (Å²) in [6.45, 7) is 0. The van der Waals surface area contributed by atoms with Crippen LogP contribution in [-0.2, 0) is 27.2 Å². The van der Waals surface area contributed by atoms with Crippen LogP contribution in [0, 0.1) is 0 Å². The predicted octanol–water partition coefficient (Wildman–Crippen LogP) is 1.26. The number of phenols is 1. The minimum Gasteiger partial charge on any atom is -0.512 e. The Hall–Kier alpha value is -3.84. The van der Waals surface area contributed by atoms with Crippen LogP contribution in [0.1, 0.15) is 24.0 Å². The fourth-order valence-corrected chi connectivity index (χ4v) is 3.99. The molecule has 212 valence electrons. The molecule has 39 heavy (non-hydrogen) atoms. The van der Waals surface area contributed by atoms with E-state index in [-0.39, 0.29) is 41.6 Å². The number of methoxy groups -OCH3 is 2. The highest BCUT2D eigenvalue weighted by atomic mass is 16.7. The Labute approximate surface area is 224 Å². The fraction of sp³-hybridized carbons (Fsp3) is 0.407. The highest BCUT2D eigenvalue weighted by Gasteiger charge is 2.48. The minimum atomic E-state index is -1.84. The van der Waals surface area contributed by atoms with Gasteiger partial charge in [-0.2, -0.15) is 0 Å². The molecule has 0 amide bonds. The van der Waals surface area contributed by atoms with E-state index in [0.717, 1.165) is 5.56 Å². The molecule has 2 aromatic rings. The Morgan fingerprint density at radius 2 is 1.46 bits per heavy atom. The van der Waals surface area contributed by atoms with Crippen LogP contribution in [0.5, 0.6) is 23.0 Å². The minimum absolute atomic E-state index is 0.00622. The Balaban J connectivity index is 1.57. The number of carboxylic acid groups (broad SMARTS) is 1. The lowest BCUT2D eigenvalue weighted by Gasteiger charge is -2.38. The summed E-state index contributed by atoms with van der Waals surface area (Å²) < 4.78 is 21.0. The zero-order valence-electron chi connectivity index (χ0n) is 21.4. The number of ketones is 1. The molecule has 6 N–H and O–H groups in total. The molecule has 0 bridgehead atoms. The van der Waals surface area contributed by atoms with Crippen LogP contribution in [0.25, 0.3) is 0 Å². The first-order valence-corrected chi connectivity index (χ1v) is 12.1. The maximum Gasteiger partial charge on any atom is 0.335 e. The van der Waals surface area contributed by atoms with Crippen LogP contribution in [0.4, 0.5) is 0 Å². The first-order chi connectivity index (χ1) is 18.5. The molecule has 0 radical (unpaired) electrons. The number of rotatable bonds is 12. The van der Waals surface area contributed by atoms with Crippen LogP contribution in [-0.4, -0.2) is 87.3 Å². The number of benzene rings is 2. The van der Waals surface area contributed by atoms with Gasteiger partial charge in [0.15, 0.2) is 34.9 Å². The summed E-state index contributed by atoms with van der Waals surface area (Å²) >= 11 is 0. The Morgan fingerprint density at radius 3 is 2.10 bits per heavy atom. The zero-order chi connectivity index (χ0) is 28.7. The average Bonchev–Trinajstić information content (AvgIpc) is 2.91. The molecular weight excluding hydrogens is 516 g/mol. The van der Waals surface area contributed by atoms with Gasteiger partial charge in [-0.1, -0.05) is 12.1 Å². The van der Waals surface area contributed by atoms with Gasteiger partial charge in [0.25, 0.3) is 0 Å². The number of aromatic hydroxyl groups is 1. The smallest absolute Gasteiger partial charge is 0.335 e. The maximum absolute atomic E-state index is 12.3. The van der Waals surface area contributed by atoms with Crippen molar-refractivity contribution in [3.8, 4) is 23.0 Å². The van der Waals surface area contributed by atoms with E-state index >= 15 is 0 Å². The van der Waals surface area contributed by atoms with Gasteiger partial charge in [0.05, 0.1) is 20.0 Å². The average molecular weight is 549 g/mol. The van der Waals surface area contributed by atoms with Gasteiger partial charge in [-0.15, -0.1) is 0 Å². The summed E-state index contributed by atoms with van der Waals surface area (Å²) in [6, 6.07) is 9.53.